The third kappa shape index (κ3) is 2.17. The first-order chi connectivity index (χ1) is 5.22. The Morgan fingerprint density at radius 1 is 1.64 bits per heavy atom. The van der Waals surface area contributed by atoms with Crippen LogP contribution in [0.2, 0.25) is 0 Å². The van der Waals surface area contributed by atoms with Crippen LogP contribution in [0.15, 0.2) is 11.5 Å². The molecule has 0 radical (unpaired) electrons. The zero-order valence-electron chi connectivity index (χ0n) is 7.05. The fraction of sp³-hybridized carbons (Fsp3) is 0.750. The lowest BCUT2D eigenvalue weighted by atomic mass is 10.2. The quantitative estimate of drug-likeness (QED) is 0.631. The average Bonchev–Trinajstić information content (AvgIpc) is 2.34. The molecule has 1 aliphatic rings. The second-order valence-electron chi connectivity index (χ2n) is 2.58. The molecule has 64 valence electrons. The van der Waals surface area contributed by atoms with Crippen molar-refractivity contribution in [1.29, 1.82) is 0 Å². The van der Waals surface area contributed by atoms with Crippen LogP contribution < -0.4 is 0 Å². The molecule has 11 heavy (non-hydrogen) atoms. The maximum Gasteiger partial charge on any atom is 0.128 e. The van der Waals surface area contributed by atoms with Gasteiger partial charge >= 0.3 is 0 Å². The van der Waals surface area contributed by atoms with Crippen LogP contribution in [-0.2, 0) is 4.74 Å². The molecule has 0 bridgehead atoms. The highest BCUT2D eigenvalue weighted by Gasteiger charge is 2.36. The molecule has 0 spiro atoms. The monoisotopic (exact) mass is 190 g/mol. The third-order valence-corrected chi connectivity index (χ3v) is 4.91. The van der Waals surface area contributed by atoms with Gasteiger partial charge in [-0.1, -0.05) is 35.1 Å². The van der Waals surface area contributed by atoms with Crippen LogP contribution >= 0.6 is 21.6 Å². The van der Waals surface area contributed by atoms with Crippen LogP contribution in [0.3, 0.4) is 0 Å². The first-order valence-corrected chi connectivity index (χ1v) is 6.05. The van der Waals surface area contributed by atoms with Crippen molar-refractivity contribution in [3.05, 3.63) is 11.5 Å². The second kappa shape index (κ2) is 3.87. The minimum Gasteiger partial charge on any atom is -0.363 e. The van der Waals surface area contributed by atoms with E-state index in [0.29, 0.717) is 0 Å². The van der Waals surface area contributed by atoms with Crippen LogP contribution in [0.25, 0.3) is 0 Å². The van der Waals surface area contributed by atoms with Crippen molar-refractivity contribution >= 4 is 21.6 Å². The molecule has 0 N–H and O–H groups in total. The van der Waals surface area contributed by atoms with E-state index in [0.717, 1.165) is 19.4 Å². The number of hydrogen-bond acceptors (Lipinski definition) is 3. The molecule has 1 rings (SSSR count). The van der Waals surface area contributed by atoms with Gasteiger partial charge < -0.3 is 4.74 Å². The fourth-order valence-electron chi connectivity index (χ4n) is 1.12. The molecular weight excluding hydrogens is 176 g/mol. The largest absolute Gasteiger partial charge is 0.363 e. The van der Waals surface area contributed by atoms with Gasteiger partial charge in [-0.2, -0.15) is 0 Å². The van der Waals surface area contributed by atoms with E-state index in [1.54, 1.807) is 10.8 Å². The molecule has 0 aromatic rings. The zero-order chi connectivity index (χ0) is 8.32. The molecule has 1 aliphatic heterocycles. The van der Waals surface area contributed by atoms with Crippen LogP contribution in [-0.4, -0.2) is 11.5 Å². The summed E-state index contributed by atoms with van der Waals surface area (Å²) in [5.41, 5.74) is 0. The summed E-state index contributed by atoms with van der Waals surface area (Å²) in [5, 5.41) is 0. The zero-order valence-corrected chi connectivity index (χ0v) is 8.69. The van der Waals surface area contributed by atoms with Gasteiger partial charge in [0.25, 0.3) is 0 Å². The Labute approximate surface area is 76.4 Å². The summed E-state index contributed by atoms with van der Waals surface area (Å²) in [6.45, 7) is 8.96. The summed E-state index contributed by atoms with van der Waals surface area (Å²) in [6.07, 6.45) is 2.07. The molecule has 1 saturated heterocycles. The smallest absolute Gasteiger partial charge is 0.128 e. The molecule has 1 fully saturated rings. The summed E-state index contributed by atoms with van der Waals surface area (Å²) in [6, 6.07) is 0. The SMILES string of the molecule is C=C1CC(CC)(OCC)SS1. The lowest BCUT2D eigenvalue weighted by molar-refractivity contribution is 0.0357. The molecule has 0 aromatic heterocycles. The van der Waals surface area contributed by atoms with Crippen molar-refractivity contribution in [1.82, 2.24) is 0 Å². The van der Waals surface area contributed by atoms with Gasteiger partial charge in [-0.3, -0.25) is 0 Å². The lowest BCUT2D eigenvalue weighted by Gasteiger charge is -2.24. The van der Waals surface area contributed by atoms with Crippen molar-refractivity contribution in [2.24, 2.45) is 0 Å². The highest BCUT2D eigenvalue weighted by atomic mass is 33.1. The minimum atomic E-state index is 0.0382. The Bertz CT molecular complexity index is 158. The Hall–Kier alpha value is 0.400. The number of hydrogen-bond donors (Lipinski definition) is 0. The topological polar surface area (TPSA) is 9.23 Å². The van der Waals surface area contributed by atoms with Gasteiger partial charge in [0.2, 0.25) is 0 Å². The minimum absolute atomic E-state index is 0.0382. The molecular formula is C8H14OS2. The predicted octanol–water partition coefficient (Wildman–Crippen LogP) is 3.43. The van der Waals surface area contributed by atoms with E-state index >= 15 is 0 Å². The Kier molecular flexibility index (Phi) is 3.34. The second-order valence-corrected chi connectivity index (χ2v) is 5.23. The molecule has 0 amide bonds. The van der Waals surface area contributed by atoms with Gasteiger partial charge in [0, 0.05) is 13.0 Å². The van der Waals surface area contributed by atoms with Crippen LogP contribution in [0.4, 0.5) is 0 Å². The lowest BCUT2D eigenvalue weighted by Crippen LogP contribution is -2.23. The summed E-state index contributed by atoms with van der Waals surface area (Å²) in [4.78, 5) is 1.28. The summed E-state index contributed by atoms with van der Waals surface area (Å²) in [5.74, 6) is 0. The molecule has 0 saturated carbocycles. The highest BCUT2D eigenvalue weighted by Crippen LogP contribution is 2.55. The predicted molar refractivity (Wildman–Crippen MR) is 53.6 cm³/mol. The van der Waals surface area contributed by atoms with Gasteiger partial charge in [0.15, 0.2) is 0 Å². The standard InChI is InChI=1S/C8H14OS2/c1-4-8(9-5-2)6-7(3)10-11-8/h3-6H2,1-2H3. The molecule has 0 aromatic carbocycles. The van der Waals surface area contributed by atoms with E-state index in [9.17, 15) is 0 Å². The highest BCUT2D eigenvalue weighted by molar-refractivity contribution is 8.79. The molecule has 3 heteroatoms. The van der Waals surface area contributed by atoms with Gasteiger partial charge in [0.05, 0.1) is 0 Å². The molecule has 0 aliphatic carbocycles. The Morgan fingerprint density at radius 2 is 2.36 bits per heavy atom. The Balaban J connectivity index is 2.54. The van der Waals surface area contributed by atoms with Gasteiger partial charge in [-0.05, 0) is 18.2 Å². The maximum atomic E-state index is 5.69. The van der Waals surface area contributed by atoms with E-state index in [1.807, 2.05) is 17.7 Å². The van der Waals surface area contributed by atoms with E-state index in [2.05, 4.69) is 13.5 Å². The maximum absolute atomic E-state index is 5.69. The van der Waals surface area contributed by atoms with Crippen LogP contribution in [0.1, 0.15) is 26.7 Å². The van der Waals surface area contributed by atoms with Crippen LogP contribution in [0.5, 0.6) is 0 Å². The van der Waals surface area contributed by atoms with Crippen molar-refractivity contribution in [2.45, 2.75) is 31.6 Å². The third-order valence-electron chi connectivity index (χ3n) is 1.72. The number of ether oxygens (including phenoxy) is 1. The molecule has 1 unspecified atom stereocenters. The first-order valence-electron chi connectivity index (χ1n) is 3.90. The first kappa shape index (κ1) is 9.49. The van der Waals surface area contributed by atoms with Crippen molar-refractivity contribution < 1.29 is 4.74 Å². The van der Waals surface area contributed by atoms with E-state index in [4.69, 9.17) is 4.74 Å². The number of rotatable bonds is 3. The van der Waals surface area contributed by atoms with Gasteiger partial charge in [0.1, 0.15) is 4.93 Å². The van der Waals surface area contributed by atoms with Gasteiger partial charge in [-0.25, -0.2) is 0 Å². The van der Waals surface area contributed by atoms with Crippen molar-refractivity contribution in [3.63, 3.8) is 0 Å². The fourth-order valence-corrected chi connectivity index (χ4v) is 3.95. The van der Waals surface area contributed by atoms with E-state index < -0.39 is 0 Å². The molecule has 1 heterocycles. The molecule has 1 nitrogen and oxygen atoms in total. The normalized spacial score (nSPS) is 31.3. The Morgan fingerprint density at radius 3 is 2.73 bits per heavy atom. The summed E-state index contributed by atoms with van der Waals surface area (Å²) >= 11 is 0. The average molecular weight is 190 g/mol. The van der Waals surface area contributed by atoms with E-state index in [-0.39, 0.29) is 4.93 Å². The van der Waals surface area contributed by atoms with Gasteiger partial charge in [-0.15, -0.1) is 0 Å². The molecule has 1 atom stereocenters. The van der Waals surface area contributed by atoms with Crippen molar-refractivity contribution in [2.75, 3.05) is 6.61 Å². The summed E-state index contributed by atoms with van der Waals surface area (Å²) in [7, 11) is 3.58. The van der Waals surface area contributed by atoms with Crippen LogP contribution in [0, 0.1) is 0 Å². The van der Waals surface area contributed by atoms with Crippen molar-refractivity contribution in [3.8, 4) is 0 Å². The van der Waals surface area contributed by atoms with E-state index in [1.165, 1.54) is 4.91 Å². The summed E-state index contributed by atoms with van der Waals surface area (Å²) < 4.78 is 5.69.